The molecule has 2 atom stereocenters. The van der Waals surface area contributed by atoms with E-state index in [4.69, 9.17) is 9.47 Å². The first-order chi connectivity index (χ1) is 14.6. The van der Waals surface area contributed by atoms with Crippen LogP contribution in [0, 0.1) is 0 Å². The number of ether oxygens (including phenoxy) is 2. The van der Waals surface area contributed by atoms with Crippen LogP contribution >= 0.6 is 0 Å². The molecule has 1 aliphatic heterocycles. The van der Waals surface area contributed by atoms with E-state index in [0.29, 0.717) is 13.2 Å². The molecule has 30 heavy (non-hydrogen) atoms. The summed E-state index contributed by atoms with van der Waals surface area (Å²) in [6, 6.07) is 24.4. The lowest BCUT2D eigenvalue weighted by Crippen LogP contribution is -2.25. The van der Waals surface area contributed by atoms with Gasteiger partial charge in [0.25, 0.3) is 0 Å². The van der Waals surface area contributed by atoms with Crippen molar-refractivity contribution in [1.82, 2.24) is 4.90 Å². The summed E-state index contributed by atoms with van der Waals surface area (Å²) < 4.78 is 12.0. The van der Waals surface area contributed by atoms with Crippen LogP contribution in [0.2, 0.25) is 0 Å². The number of phenolic OH excluding ortho intramolecular Hbond substituents is 1. The third kappa shape index (κ3) is 4.60. The Morgan fingerprint density at radius 3 is 2.47 bits per heavy atom. The molecule has 0 radical (unpaired) electrons. The van der Waals surface area contributed by atoms with Gasteiger partial charge >= 0.3 is 0 Å². The number of rotatable bonds is 7. The largest absolute Gasteiger partial charge is 0.508 e. The predicted molar refractivity (Wildman–Crippen MR) is 120 cm³/mol. The molecule has 3 aromatic carbocycles. The molecule has 0 spiro atoms. The number of hydrogen-bond acceptors (Lipinski definition) is 4. The number of nitrogens with zero attached hydrogens (tertiary/aromatic N) is 1. The van der Waals surface area contributed by atoms with Crippen LogP contribution in [0.1, 0.15) is 34.9 Å². The Balaban J connectivity index is 1.60. The maximum Gasteiger partial charge on any atom is 0.126 e. The van der Waals surface area contributed by atoms with Gasteiger partial charge in [0, 0.05) is 30.0 Å². The first-order valence-corrected chi connectivity index (χ1v) is 10.5. The summed E-state index contributed by atoms with van der Waals surface area (Å²) in [6.07, 6.45) is 1.00. The van der Waals surface area contributed by atoms with Crippen molar-refractivity contribution < 1.29 is 14.6 Å². The van der Waals surface area contributed by atoms with Gasteiger partial charge < -0.3 is 19.5 Å². The maximum absolute atomic E-state index is 9.90. The van der Waals surface area contributed by atoms with Gasteiger partial charge in [0.15, 0.2) is 0 Å². The van der Waals surface area contributed by atoms with Gasteiger partial charge in [-0.2, -0.15) is 0 Å². The van der Waals surface area contributed by atoms with Crippen LogP contribution < -0.4 is 9.47 Å². The summed E-state index contributed by atoms with van der Waals surface area (Å²) in [5.74, 6) is 2.24. The minimum absolute atomic E-state index is 0.152. The summed E-state index contributed by atoms with van der Waals surface area (Å²) in [5, 5.41) is 9.90. The van der Waals surface area contributed by atoms with Crippen molar-refractivity contribution in [1.29, 1.82) is 0 Å². The highest BCUT2D eigenvalue weighted by atomic mass is 16.5. The van der Waals surface area contributed by atoms with Crippen molar-refractivity contribution in [2.45, 2.75) is 18.3 Å². The van der Waals surface area contributed by atoms with Crippen LogP contribution in [-0.4, -0.2) is 43.9 Å². The topological polar surface area (TPSA) is 41.9 Å². The van der Waals surface area contributed by atoms with Crippen LogP contribution in [0.4, 0.5) is 0 Å². The van der Waals surface area contributed by atoms with Crippen molar-refractivity contribution >= 4 is 0 Å². The van der Waals surface area contributed by atoms with E-state index in [0.717, 1.165) is 30.0 Å². The molecule has 4 nitrogen and oxygen atoms in total. The summed E-state index contributed by atoms with van der Waals surface area (Å²) in [7, 11) is 4.15. The first kappa shape index (κ1) is 20.3. The van der Waals surface area contributed by atoms with Crippen LogP contribution in [0.3, 0.4) is 0 Å². The molecule has 0 unspecified atom stereocenters. The van der Waals surface area contributed by atoms with Gasteiger partial charge in [-0.05, 0) is 49.8 Å². The third-order valence-electron chi connectivity index (χ3n) is 5.64. The van der Waals surface area contributed by atoms with Crippen LogP contribution in [0.25, 0.3) is 0 Å². The van der Waals surface area contributed by atoms with Crippen LogP contribution in [0.15, 0.2) is 72.8 Å². The summed E-state index contributed by atoms with van der Waals surface area (Å²) in [6.45, 7) is 2.31. The number of fused-ring (bicyclic) bond motifs is 1. The van der Waals surface area contributed by atoms with Crippen LogP contribution in [0.5, 0.6) is 17.2 Å². The molecule has 0 saturated heterocycles. The summed E-state index contributed by atoms with van der Waals surface area (Å²) >= 11 is 0. The van der Waals surface area contributed by atoms with E-state index >= 15 is 0 Å². The summed E-state index contributed by atoms with van der Waals surface area (Å²) in [5.41, 5.74) is 3.58. The Kier molecular flexibility index (Phi) is 6.24. The molecule has 0 saturated carbocycles. The lowest BCUT2D eigenvalue weighted by Gasteiger charge is -2.34. The van der Waals surface area contributed by atoms with Gasteiger partial charge in [-0.15, -0.1) is 0 Å². The second kappa shape index (κ2) is 9.23. The Labute approximate surface area is 178 Å². The zero-order valence-electron chi connectivity index (χ0n) is 17.6. The highest BCUT2D eigenvalue weighted by Crippen LogP contribution is 2.47. The summed E-state index contributed by atoms with van der Waals surface area (Å²) in [4.78, 5) is 2.16. The van der Waals surface area contributed by atoms with Crippen molar-refractivity contribution in [3.63, 3.8) is 0 Å². The molecule has 0 aromatic heterocycles. The van der Waals surface area contributed by atoms with Gasteiger partial charge in [0.05, 0.1) is 13.2 Å². The van der Waals surface area contributed by atoms with E-state index in [9.17, 15) is 5.11 Å². The molecule has 0 aliphatic carbocycles. The SMILES string of the molecule is CN(C)CCCOc1ccc([C@@H]2c3ccc(O)cc3OC[C@@H]2c2ccccc2)cc1. The van der Waals surface area contributed by atoms with Crippen molar-refractivity contribution in [3.8, 4) is 17.2 Å². The predicted octanol–water partition coefficient (Wildman–Crippen LogP) is 5.03. The molecule has 1 N–H and O–H groups in total. The molecule has 4 heteroatoms. The van der Waals surface area contributed by atoms with E-state index in [-0.39, 0.29) is 17.6 Å². The fourth-order valence-electron chi connectivity index (χ4n) is 4.14. The number of hydrogen-bond donors (Lipinski definition) is 1. The highest BCUT2D eigenvalue weighted by molar-refractivity contribution is 5.50. The van der Waals surface area contributed by atoms with E-state index in [1.807, 2.05) is 12.1 Å². The molecule has 3 aromatic rings. The van der Waals surface area contributed by atoms with Gasteiger partial charge in [-0.1, -0.05) is 48.5 Å². The molecule has 1 heterocycles. The molecular formula is C26H29NO3. The fraction of sp³-hybridized carbons (Fsp3) is 0.308. The zero-order valence-corrected chi connectivity index (χ0v) is 17.6. The monoisotopic (exact) mass is 403 g/mol. The molecular weight excluding hydrogens is 374 g/mol. The number of benzene rings is 3. The number of phenols is 1. The minimum Gasteiger partial charge on any atom is -0.508 e. The smallest absolute Gasteiger partial charge is 0.126 e. The van der Waals surface area contributed by atoms with E-state index in [1.54, 1.807) is 12.1 Å². The first-order valence-electron chi connectivity index (χ1n) is 10.5. The van der Waals surface area contributed by atoms with Crippen molar-refractivity contribution in [3.05, 3.63) is 89.5 Å². The molecule has 0 bridgehead atoms. The zero-order chi connectivity index (χ0) is 20.9. The molecule has 1 aliphatic rings. The second-order valence-corrected chi connectivity index (χ2v) is 8.10. The standard InChI is InChI=1S/C26H29NO3/c1-27(2)15-6-16-29-22-12-9-20(10-13-22)26-23-14-11-21(28)17-25(23)30-18-24(26)19-7-4-3-5-8-19/h3-5,7-14,17,24,26,28H,6,15-16,18H2,1-2H3/t24-,26-/m1/s1. The van der Waals surface area contributed by atoms with Crippen molar-refractivity contribution in [2.24, 2.45) is 0 Å². The van der Waals surface area contributed by atoms with Gasteiger partial charge in [-0.25, -0.2) is 0 Å². The normalized spacial score (nSPS) is 18.0. The Morgan fingerprint density at radius 2 is 1.73 bits per heavy atom. The lowest BCUT2D eigenvalue weighted by atomic mass is 9.76. The number of aromatic hydroxyl groups is 1. The highest BCUT2D eigenvalue weighted by Gasteiger charge is 2.33. The third-order valence-corrected chi connectivity index (χ3v) is 5.64. The maximum atomic E-state index is 9.90. The average molecular weight is 404 g/mol. The van der Waals surface area contributed by atoms with Gasteiger partial charge in [0.2, 0.25) is 0 Å². The second-order valence-electron chi connectivity index (χ2n) is 8.10. The van der Waals surface area contributed by atoms with Gasteiger partial charge in [-0.3, -0.25) is 0 Å². The van der Waals surface area contributed by atoms with Gasteiger partial charge in [0.1, 0.15) is 17.2 Å². The van der Waals surface area contributed by atoms with E-state index in [1.165, 1.54) is 11.1 Å². The van der Waals surface area contributed by atoms with Crippen LogP contribution in [-0.2, 0) is 0 Å². The quantitative estimate of drug-likeness (QED) is 0.562. The minimum atomic E-state index is 0.152. The molecule has 0 fully saturated rings. The molecule has 0 amide bonds. The molecule has 4 rings (SSSR count). The Bertz CT molecular complexity index is 954. The van der Waals surface area contributed by atoms with Crippen molar-refractivity contribution in [2.75, 3.05) is 33.9 Å². The Morgan fingerprint density at radius 1 is 0.967 bits per heavy atom. The fourth-order valence-corrected chi connectivity index (χ4v) is 4.14. The molecule has 156 valence electrons. The van der Waals surface area contributed by atoms with E-state index < -0.39 is 0 Å². The van der Waals surface area contributed by atoms with E-state index in [2.05, 4.69) is 67.5 Å². The average Bonchev–Trinajstić information content (AvgIpc) is 2.77. The Hall–Kier alpha value is -2.98. The lowest BCUT2D eigenvalue weighted by molar-refractivity contribution is 0.247.